The van der Waals surface area contributed by atoms with Gasteiger partial charge < -0.3 is 11.1 Å². The van der Waals surface area contributed by atoms with Gasteiger partial charge in [-0.15, -0.1) is 0 Å². The van der Waals surface area contributed by atoms with E-state index in [-0.39, 0.29) is 0 Å². The second-order valence-electron chi connectivity index (χ2n) is 4.87. The maximum absolute atomic E-state index is 5.70. The van der Waals surface area contributed by atoms with Crippen LogP contribution in [0.5, 0.6) is 0 Å². The zero-order valence-corrected chi connectivity index (χ0v) is 9.86. The van der Waals surface area contributed by atoms with Crippen molar-refractivity contribution in [2.24, 2.45) is 17.6 Å². The van der Waals surface area contributed by atoms with Crippen LogP contribution in [0.3, 0.4) is 0 Å². The van der Waals surface area contributed by atoms with Crippen molar-refractivity contribution in [1.29, 1.82) is 0 Å². The Labute approximate surface area is 98.2 Å². The van der Waals surface area contributed by atoms with E-state index in [4.69, 9.17) is 5.73 Å². The standard InChI is InChI=1S/C14H22N2/c15-10-12-6-8-13(9-7-12)11-16-14-4-2-1-3-5-14/h1-5,12-13,16H,6-11,15H2. The molecule has 2 heteroatoms. The fourth-order valence-corrected chi connectivity index (χ4v) is 2.49. The molecule has 0 amide bonds. The maximum Gasteiger partial charge on any atom is 0.0340 e. The minimum Gasteiger partial charge on any atom is -0.385 e. The first-order chi connectivity index (χ1) is 7.88. The first-order valence-corrected chi connectivity index (χ1v) is 6.37. The molecule has 1 aromatic carbocycles. The van der Waals surface area contributed by atoms with Crippen LogP contribution < -0.4 is 11.1 Å². The molecule has 0 atom stereocenters. The molecule has 0 aliphatic heterocycles. The Morgan fingerprint density at radius 3 is 2.25 bits per heavy atom. The van der Waals surface area contributed by atoms with E-state index in [0.29, 0.717) is 0 Å². The first-order valence-electron chi connectivity index (χ1n) is 6.37. The van der Waals surface area contributed by atoms with Gasteiger partial charge in [0.05, 0.1) is 0 Å². The molecule has 0 bridgehead atoms. The average molecular weight is 218 g/mol. The summed E-state index contributed by atoms with van der Waals surface area (Å²) >= 11 is 0. The maximum atomic E-state index is 5.70. The van der Waals surface area contributed by atoms with Gasteiger partial charge in [-0.3, -0.25) is 0 Å². The molecule has 1 aromatic rings. The van der Waals surface area contributed by atoms with Crippen molar-refractivity contribution in [3.05, 3.63) is 30.3 Å². The summed E-state index contributed by atoms with van der Waals surface area (Å²) in [4.78, 5) is 0. The van der Waals surface area contributed by atoms with E-state index >= 15 is 0 Å². The zero-order chi connectivity index (χ0) is 11.2. The van der Waals surface area contributed by atoms with E-state index in [0.717, 1.165) is 24.9 Å². The van der Waals surface area contributed by atoms with Crippen molar-refractivity contribution in [1.82, 2.24) is 0 Å². The summed E-state index contributed by atoms with van der Waals surface area (Å²) in [5.41, 5.74) is 6.94. The number of anilines is 1. The lowest BCUT2D eigenvalue weighted by Crippen LogP contribution is -2.25. The topological polar surface area (TPSA) is 38.0 Å². The Hall–Kier alpha value is -1.02. The van der Waals surface area contributed by atoms with Crippen LogP contribution in [0.25, 0.3) is 0 Å². The second kappa shape index (κ2) is 5.90. The summed E-state index contributed by atoms with van der Waals surface area (Å²) in [5, 5.41) is 3.52. The van der Waals surface area contributed by atoms with Gasteiger partial charge in [0.15, 0.2) is 0 Å². The number of rotatable bonds is 4. The molecular weight excluding hydrogens is 196 g/mol. The minimum atomic E-state index is 0.785. The molecule has 16 heavy (non-hydrogen) atoms. The Bertz CT molecular complexity index is 289. The van der Waals surface area contributed by atoms with Crippen LogP contribution in [0, 0.1) is 11.8 Å². The Morgan fingerprint density at radius 2 is 1.62 bits per heavy atom. The molecule has 1 aliphatic rings. The highest BCUT2D eigenvalue weighted by Gasteiger charge is 2.19. The van der Waals surface area contributed by atoms with Crippen LogP contribution in [0.15, 0.2) is 30.3 Å². The van der Waals surface area contributed by atoms with Gasteiger partial charge >= 0.3 is 0 Å². The number of nitrogens with one attached hydrogen (secondary N) is 1. The van der Waals surface area contributed by atoms with Crippen LogP contribution in [0.2, 0.25) is 0 Å². The van der Waals surface area contributed by atoms with Crippen molar-refractivity contribution < 1.29 is 0 Å². The monoisotopic (exact) mass is 218 g/mol. The van der Waals surface area contributed by atoms with E-state index in [1.54, 1.807) is 0 Å². The molecule has 0 aromatic heterocycles. The van der Waals surface area contributed by atoms with E-state index in [9.17, 15) is 0 Å². The van der Waals surface area contributed by atoms with Crippen LogP contribution in [0.4, 0.5) is 5.69 Å². The van der Waals surface area contributed by atoms with Crippen molar-refractivity contribution in [2.45, 2.75) is 25.7 Å². The van der Waals surface area contributed by atoms with Crippen LogP contribution >= 0.6 is 0 Å². The number of benzene rings is 1. The number of nitrogens with two attached hydrogens (primary N) is 1. The molecule has 2 rings (SSSR count). The third kappa shape index (κ3) is 3.24. The molecule has 0 radical (unpaired) electrons. The largest absolute Gasteiger partial charge is 0.385 e. The zero-order valence-electron chi connectivity index (χ0n) is 9.86. The number of para-hydroxylation sites is 1. The molecule has 3 N–H and O–H groups in total. The molecule has 1 saturated carbocycles. The highest BCUT2D eigenvalue weighted by molar-refractivity contribution is 5.42. The SMILES string of the molecule is NCC1CCC(CNc2ccccc2)CC1. The van der Waals surface area contributed by atoms with E-state index < -0.39 is 0 Å². The van der Waals surface area contributed by atoms with Gasteiger partial charge in [-0.05, 0) is 56.2 Å². The normalized spacial score (nSPS) is 25.3. The summed E-state index contributed by atoms with van der Waals surface area (Å²) in [6.07, 6.45) is 5.30. The van der Waals surface area contributed by atoms with Crippen molar-refractivity contribution in [3.8, 4) is 0 Å². The van der Waals surface area contributed by atoms with Gasteiger partial charge in [-0.1, -0.05) is 18.2 Å². The third-order valence-corrected chi connectivity index (χ3v) is 3.67. The van der Waals surface area contributed by atoms with E-state index in [2.05, 4.69) is 35.6 Å². The molecule has 0 spiro atoms. The third-order valence-electron chi connectivity index (χ3n) is 3.67. The Morgan fingerprint density at radius 1 is 1.00 bits per heavy atom. The molecule has 2 nitrogen and oxygen atoms in total. The van der Waals surface area contributed by atoms with Crippen LogP contribution in [0.1, 0.15) is 25.7 Å². The average Bonchev–Trinajstić information content (AvgIpc) is 2.38. The van der Waals surface area contributed by atoms with E-state index in [1.807, 2.05) is 0 Å². The summed E-state index contributed by atoms with van der Waals surface area (Å²) < 4.78 is 0. The smallest absolute Gasteiger partial charge is 0.0340 e. The van der Waals surface area contributed by atoms with Gasteiger partial charge in [-0.2, -0.15) is 0 Å². The molecule has 0 unspecified atom stereocenters. The quantitative estimate of drug-likeness (QED) is 0.815. The van der Waals surface area contributed by atoms with Gasteiger partial charge in [-0.25, -0.2) is 0 Å². The first kappa shape index (κ1) is 11.5. The van der Waals surface area contributed by atoms with Crippen molar-refractivity contribution in [2.75, 3.05) is 18.4 Å². The summed E-state index contributed by atoms with van der Waals surface area (Å²) in [6.45, 7) is 1.99. The fraction of sp³-hybridized carbons (Fsp3) is 0.571. The molecular formula is C14H22N2. The van der Waals surface area contributed by atoms with Gasteiger partial charge in [0, 0.05) is 12.2 Å². The summed E-state index contributed by atoms with van der Waals surface area (Å²) in [5.74, 6) is 1.62. The predicted octanol–water partition coefficient (Wildman–Crippen LogP) is 2.86. The lowest BCUT2D eigenvalue weighted by molar-refractivity contribution is 0.289. The van der Waals surface area contributed by atoms with Crippen LogP contribution in [-0.2, 0) is 0 Å². The Kier molecular flexibility index (Phi) is 4.23. The van der Waals surface area contributed by atoms with Crippen molar-refractivity contribution in [3.63, 3.8) is 0 Å². The minimum absolute atomic E-state index is 0.785. The lowest BCUT2D eigenvalue weighted by atomic mass is 9.82. The fourth-order valence-electron chi connectivity index (χ4n) is 2.49. The van der Waals surface area contributed by atoms with Crippen LogP contribution in [-0.4, -0.2) is 13.1 Å². The molecule has 1 aliphatic carbocycles. The molecule has 0 saturated heterocycles. The molecule has 1 fully saturated rings. The highest BCUT2D eigenvalue weighted by Crippen LogP contribution is 2.28. The predicted molar refractivity (Wildman–Crippen MR) is 69.4 cm³/mol. The Balaban J connectivity index is 1.72. The second-order valence-corrected chi connectivity index (χ2v) is 4.87. The lowest BCUT2D eigenvalue weighted by Gasteiger charge is -2.27. The highest BCUT2D eigenvalue weighted by atomic mass is 14.9. The number of hydrogen-bond donors (Lipinski definition) is 2. The molecule has 88 valence electrons. The summed E-state index contributed by atoms with van der Waals surface area (Å²) in [7, 11) is 0. The number of hydrogen-bond acceptors (Lipinski definition) is 2. The summed E-state index contributed by atoms with van der Waals surface area (Å²) in [6, 6.07) is 10.5. The van der Waals surface area contributed by atoms with Gasteiger partial charge in [0.2, 0.25) is 0 Å². The van der Waals surface area contributed by atoms with Crippen molar-refractivity contribution >= 4 is 5.69 Å². The van der Waals surface area contributed by atoms with Gasteiger partial charge in [0.1, 0.15) is 0 Å². The van der Waals surface area contributed by atoms with Gasteiger partial charge in [0.25, 0.3) is 0 Å². The van der Waals surface area contributed by atoms with E-state index in [1.165, 1.54) is 31.4 Å². The molecule has 0 heterocycles.